The molecule has 0 unspecified atom stereocenters. The fourth-order valence-corrected chi connectivity index (χ4v) is 4.07. The Morgan fingerprint density at radius 1 is 1.05 bits per heavy atom. The largest absolute Gasteiger partial charge is 0.359 e. The number of pyridine rings is 1. The number of hydrogen-bond acceptors (Lipinski definition) is 7. The van der Waals surface area contributed by atoms with Gasteiger partial charge in [0.05, 0.1) is 35.0 Å². The molecule has 0 saturated carbocycles. The van der Waals surface area contributed by atoms with Crippen LogP contribution in [0.25, 0.3) is 16.7 Å². The Morgan fingerprint density at radius 3 is 2.62 bits per heavy atom. The minimum atomic E-state index is -0.787. The van der Waals surface area contributed by atoms with Crippen molar-refractivity contribution in [3.63, 3.8) is 0 Å². The third-order valence-electron chi connectivity index (χ3n) is 6.04. The van der Waals surface area contributed by atoms with E-state index in [2.05, 4.69) is 20.3 Å². The first-order valence-corrected chi connectivity index (χ1v) is 11.3. The molecular weight excluding hydrogens is 475 g/mol. The average Bonchev–Trinajstić information content (AvgIpc) is 3.15. The number of rotatable bonds is 5. The van der Waals surface area contributed by atoms with Gasteiger partial charge in [-0.3, -0.25) is 9.55 Å². The molecule has 0 aliphatic carbocycles. The monoisotopic (exact) mass is 496 g/mol. The smallest absolute Gasteiger partial charge is 0.331 e. The van der Waals surface area contributed by atoms with E-state index in [9.17, 15) is 19.2 Å². The van der Waals surface area contributed by atoms with Gasteiger partial charge >= 0.3 is 11.4 Å². The molecule has 5 aromatic rings. The predicted octanol–water partition coefficient (Wildman–Crippen LogP) is 3.10. The zero-order chi connectivity index (χ0) is 26.3. The van der Waals surface area contributed by atoms with E-state index in [1.807, 2.05) is 30.7 Å². The summed E-state index contributed by atoms with van der Waals surface area (Å²) in [5.41, 5.74) is 2.14. The summed E-state index contributed by atoms with van der Waals surface area (Å²) < 4.78 is 18.0. The molecule has 3 heterocycles. The number of nitrogens with one attached hydrogen (secondary N) is 1. The average molecular weight is 497 g/mol. The quantitative estimate of drug-likeness (QED) is 0.397. The number of halogens is 1. The van der Waals surface area contributed by atoms with E-state index < -0.39 is 17.2 Å². The van der Waals surface area contributed by atoms with Crippen molar-refractivity contribution in [1.82, 2.24) is 28.7 Å². The van der Waals surface area contributed by atoms with Crippen molar-refractivity contribution < 1.29 is 4.39 Å². The van der Waals surface area contributed by atoms with Gasteiger partial charge in [0, 0.05) is 18.9 Å². The van der Waals surface area contributed by atoms with Crippen LogP contribution in [0.2, 0.25) is 0 Å². The van der Waals surface area contributed by atoms with Gasteiger partial charge in [-0.05, 0) is 61.4 Å². The minimum Gasteiger partial charge on any atom is -0.331 e. The number of hydrogen-bond donors (Lipinski definition) is 1. The molecule has 0 spiro atoms. The fraction of sp³-hybridized carbons (Fsp3) is 0.154. The Hall–Kier alpha value is -5.11. The molecule has 0 aliphatic rings. The second-order valence-electron chi connectivity index (χ2n) is 8.62. The summed E-state index contributed by atoms with van der Waals surface area (Å²) in [7, 11) is 1.89. The number of aryl methyl sites for hydroxylation is 3. The van der Waals surface area contributed by atoms with Crippen LogP contribution >= 0.6 is 0 Å². The Bertz CT molecular complexity index is 1840. The maximum absolute atomic E-state index is 13.9. The van der Waals surface area contributed by atoms with Gasteiger partial charge in [0.2, 0.25) is 5.95 Å². The van der Waals surface area contributed by atoms with Gasteiger partial charge in [0.1, 0.15) is 17.7 Å². The van der Waals surface area contributed by atoms with Crippen molar-refractivity contribution in [2.75, 3.05) is 5.32 Å². The van der Waals surface area contributed by atoms with Crippen LogP contribution in [0, 0.1) is 31.0 Å². The highest BCUT2D eigenvalue weighted by molar-refractivity contribution is 5.81. The van der Waals surface area contributed by atoms with E-state index in [-0.39, 0.29) is 23.7 Å². The number of nitriles is 1. The summed E-state index contributed by atoms with van der Waals surface area (Å²) in [4.78, 5) is 39.5. The topological polar surface area (TPSA) is 123 Å². The van der Waals surface area contributed by atoms with Gasteiger partial charge in [0.25, 0.3) is 0 Å². The molecule has 10 nitrogen and oxygen atoms in total. The van der Waals surface area contributed by atoms with Crippen LogP contribution in [-0.2, 0) is 13.6 Å². The van der Waals surface area contributed by atoms with Crippen LogP contribution in [0.15, 0.2) is 64.4 Å². The molecule has 2 aromatic carbocycles. The first-order chi connectivity index (χ1) is 17.7. The molecule has 0 amide bonds. The van der Waals surface area contributed by atoms with E-state index >= 15 is 0 Å². The van der Waals surface area contributed by atoms with Crippen molar-refractivity contribution in [3.8, 4) is 11.8 Å². The number of anilines is 2. The van der Waals surface area contributed by atoms with E-state index in [4.69, 9.17) is 0 Å². The molecule has 1 N–H and O–H groups in total. The van der Waals surface area contributed by atoms with Gasteiger partial charge in [-0.1, -0.05) is 6.07 Å². The Labute approximate surface area is 209 Å². The lowest BCUT2D eigenvalue weighted by molar-refractivity contribution is 0.620. The molecule has 0 aliphatic heterocycles. The standard InChI is InChI=1S/C26H21FN8O2/c1-15-8-20(13-29-12-15)35-25(36)32-24(31-19-5-7-22-23(10-19)33(3)16(2)30-22)34(26(35)37)14-17-4-6-21(27)18(9-17)11-28/h4-10,12-13H,14H2,1-3H3,(H,31,32,36). The molecule has 184 valence electrons. The van der Waals surface area contributed by atoms with Crippen LogP contribution < -0.4 is 16.7 Å². The molecule has 5 rings (SSSR count). The molecular formula is C26H21FN8O2. The van der Waals surface area contributed by atoms with E-state index in [0.717, 1.165) is 27.0 Å². The zero-order valence-electron chi connectivity index (χ0n) is 20.2. The number of nitrogens with zero attached hydrogens (tertiary/aromatic N) is 7. The summed E-state index contributed by atoms with van der Waals surface area (Å²) in [6.07, 6.45) is 3.01. The second-order valence-corrected chi connectivity index (χ2v) is 8.62. The molecule has 37 heavy (non-hydrogen) atoms. The summed E-state index contributed by atoms with van der Waals surface area (Å²) >= 11 is 0. The number of fused-ring (bicyclic) bond motifs is 1. The molecule has 0 saturated heterocycles. The maximum Gasteiger partial charge on any atom is 0.359 e. The summed E-state index contributed by atoms with van der Waals surface area (Å²) in [6, 6.07) is 12.9. The molecule has 0 fully saturated rings. The lowest BCUT2D eigenvalue weighted by Gasteiger charge is -2.16. The molecule has 0 radical (unpaired) electrons. The fourth-order valence-electron chi connectivity index (χ4n) is 4.07. The van der Waals surface area contributed by atoms with Crippen molar-refractivity contribution in [2.24, 2.45) is 7.05 Å². The van der Waals surface area contributed by atoms with Gasteiger partial charge in [-0.2, -0.15) is 10.2 Å². The van der Waals surface area contributed by atoms with Crippen molar-refractivity contribution in [2.45, 2.75) is 20.4 Å². The van der Waals surface area contributed by atoms with Gasteiger partial charge in [-0.15, -0.1) is 0 Å². The number of benzene rings is 2. The van der Waals surface area contributed by atoms with E-state index in [1.165, 1.54) is 29.0 Å². The van der Waals surface area contributed by atoms with Gasteiger partial charge in [0.15, 0.2) is 0 Å². The normalized spacial score (nSPS) is 11.0. The lowest BCUT2D eigenvalue weighted by Crippen LogP contribution is -2.41. The van der Waals surface area contributed by atoms with Crippen LogP contribution in [-0.4, -0.2) is 28.7 Å². The van der Waals surface area contributed by atoms with Gasteiger partial charge in [-0.25, -0.2) is 23.5 Å². The highest BCUT2D eigenvalue weighted by Crippen LogP contribution is 2.22. The van der Waals surface area contributed by atoms with Crippen LogP contribution in [0.5, 0.6) is 0 Å². The van der Waals surface area contributed by atoms with Gasteiger partial charge < -0.3 is 9.88 Å². The highest BCUT2D eigenvalue weighted by Gasteiger charge is 2.17. The van der Waals surface area contributed by atoms with E-state index in [0.29, 0.717) is 11.3 Å². The predicted molar refractivity (Wildman–Crippen MR) is 136 cm³/mol. The summed E-state index contributed by atoms with van der Waals surface area (Å²) in [5.74, 6) is 0.166. The Balaban J connectivity index is 1.67. The van der Waals surface area contributed by atoms with Crippen molar-refractivity contribution >= 4 is 22.7 Å². The van der Waals surface area contributed by atoms with Crippen LogP contribution in [0.3, 0.4) is 0 Å². The third-order valence-corrected chi connectivity index (χ3v) is 6.04. The minimum absolute atomic E-state index is 0.00654. The SMILES string of the molecule is Cc1cncc(-n2c(=O)nc(Nc3ccc4nc(C)n(C)c4c3)n(Cc3ccc(F)c(C#N)c3)c2=O)c1. The summed E-state index contributed by atoms with van der Waals surface area (Å²) in [6.45, 7) is 3.61. The first kappa shape index (κ1) is 23.6. The molecule has 3 aromatic heterocycles. The first-order valence-electron chi connectivity index (χ1n) is 11.3. The molecule has 0 atom stereocenters. The Morgan fingerprint density at radius 2 is 1.86 bits per heavy atom. The van der Waals surface area contributed by atoms with Crippen LogP contribution in [0.4, 0.5) is 16.0 Å². The molecule has 11 heteroatoms. The Kier molecular flexibility index (Phi) is 5.85. The summed E-state index contributed by atoms with van der Waals surface area (Å²) in [5, 5.41) is 12.3. The van der Waals surface area contributed by atoms with Crippen molar-refractivity contribution in [1.29, 1.82) is 5.26 Å². The third kappa shape index (κ3) is 4.36. The second kappa shape index (κ2) is 9.16. The highest BCUT2D eigenvalue weighted by atomic mass is 19.1. The van der Waals surface area contributed by atoms with E-state index in [1.54, 1.807) is 31.3 Å². The molecule has 0 bridgehead atoms. The maximum atomic E-state index is 13.9. The van der Waals surface area contributed by atoms with Crippen molar-refractivity contribution in [3.05, 3.63) is 104 Å². The lowest BCUT2D eigenvalue weighted by atomic mass is 10.1. The zero-order valence-corrected chi connectivity index (χ0v) is 20.2. The van der Waals surface area contributed by atoms with Crippen LogP contribution in [0.1, 0.15) is 22.5 Å². The number of aromatic nitrogens is 6. The number of imidazole rings is 1.